The number of rotatable bonds is 7. The maximum Gasteiger partial charge on any atom is 0.241 e. The molecule has 1 aliphatic carbocycles. The third kappa shape index (κ3) is 4.43. The van der Waals surface area contributed by atoms with Gasteiger partial charge in [-0.1, -0.05) is 66.8 Å². The summed E-state index contributed by atoms with van der Waals surface area (Å²) in [6.07, 6.45) is 3.75. The molecular weight excluding hydrogens is 475 g/mol. The number of nitrogens with zero attached hydrogens (tertiary/aromatic N) is 1. The van der Waals surface area contributed by atoms with Crippen LogP contribution in [0.4, 0.5) is 0 Å². The Bertz CT molecular complexity index is 989. The number of halogens is 3. The summed E-state index contributed by atoms with van der Waals surface area (Å²) < 4.78 is 0. The summed E-state index contributed by atoms with van der Waals surface area (Å²) in [7, 11) is 0. The Kier molecular flexibility index (Phi) is 7.65. The zero-order valence-electron chi connectivity index (χ0n) is 19.6. The van der Waals surface area contributed by atoms with Crippen LogP contribution in [0.5, 0.6) is 0 Å². The van der Waals surface area contributed by atoms with E-state index in [0.717, 1.165) is 44.3 Å². The minimum atomic E-state index is -0.509. The summed E-state index contributed by atoms with van der Waals surface area (Å²) in [5.74, 6) is 0.616. The van der Waals surface area contributed by atoms with Gasteiger partial charge in [0, 0.05) is 27.0 Å². The second kappa shape index (κ2) is 10.2. The van der Waals surface area contributed by atoms with Crippen LogP contribution < -0.4 is 5.32 Å². The molecule has 1 saturated carbocycles. The number of hydrogen-bond donors (Lipinski definition) is 1. The molecule has 4 rings (SSSR count). The van der Waals surface area contributed by atoms with Crippen molar-refractivity contribution in [3.05, 3.63) is 68.7 Å². The Morgan fingerprint density at radius 1 is 1.00 bits per heavy atom. The summed E-state index contributed by atoms with van der Waals surface area (Å²) in [4.78, 5) is 16.2. The first-order valence-electron chi connectivity index (χ1n) is 12.1. The zero-order valence-corrected chi connectivity index (χ0v) is 21.9. The summed E-state index contributed by atoms with van der Waals surface area (Å²) >= 11 is 19.2. The summed E-state index contributed by atoms with van der Waals surface area (Å²) in [6, 6.07) is 14.0. The highest BCUT2D eigenvalue weighted by atomic mass is 35.5. The van der Waals surface area contributed by atoms with Gasteiger partial charge in [-0.05, 0) is 92.9 Å². The van der Waals surface area contributed by atoms with Crippen LogP contribution in [0.3, 0.4) is 0 Å². The van der Waals surface area contributed by atoms with Crippen LogP contribution in [0, 0.1) is 5.92 Å². The number of nitrogens with one attached hydrogen (secondary N) is 1. The van der Waals surface area contributed by atoms with Gasteiger partial charge in [0.25, 0.3) is 0 Å². The zero-order chi connectivity index (χ0) is 23.8. The molecule has 0 spiro atoms. The van der Waals surface area contributed by atoms with Gasteiger partial charge in [0.1, 0.15) is 5.54 Å². The second-order valence-corrected chi connectivity index (χ2v) is 10.9. The van der Waals surface area contributed by atoms with Gasteiger partial charge < -0.3 is 5.32 Å². The minimum absolute atomic E-state index is 0.0586. The highest BCUT2D eigenvalue weighted by Gasteiger charge is 2.62. The molecule has 1 N–H and O–H groups in total. The molecule has 178 valence electrons. The van der Waals surface area contributed by atoms with Crippen LogP contribution in [-0.2, 0) is 4.79 Å². The van der Waals surface area contributed by atoms with Crippen LogP contribution in [0.15, 0.2) is 42.5 Å². The molecule has 2 aromatic rings. The summed E-state index contributed by atoms with van der Waals surface area (Å²) in [5.41, 5.74) is 1.81. The van der Waals surface area contributed by atoms with E-state index >= 15 is 0 Å². The maximum atomic E-state index is 13.7. The van der Waals surface area contributed by atoms with E-state index in [1.807, 2.05) is 24.3 Å². The molecule has 33 heavy (non-hydrogen) atoms. The van der Waals surface area contributed by atoms with Gasteiger partial charge in [0.2, 0.25) is 5.91 Å². The van der Waals surface area contributed by atoms with Crippen molar-refractivity contribution in [2.45, 2.75) is 69.9 Å². The van der Waals surface area contributed by atoms with Crippen molar-refractivity contribution in [1.82, 2.24) is 10.2 Å². The molecule has 2 fully saturated rings. The second-order valence-electron chi connectivity index (χ2n) is 9.59. The van der Waals surface area contributed by atoms with Gasteiger partial charge >= 0.3 is 0 Å². The maximum absolute atomic E-state index is 13.7. The largest absolute Gasteiger partial charge is 0.352 e. The Morgan fingerprint density at radius 3 is 2.24 bits per heavy atom. The first-order valence-corrected chi connectivity index (χ1v) is 13.2. The molecule has 0 radical (unpaired) electrons. The van der Waals surface area contributed by atoms with Gasteiger partial charge in [-0.2, -0.15) is 0 Å². The standard InChI is InChI=1S/C27H33Cl3N2O/c1-4-14-32(15-5-2)27-13-12-22(21-11-10-20(29)16-23(21)30)24(18-6-8-19(28)9-7-18)25(27)17(3)31-26(27)33/h6-11,16-17,22,24-25H,4-5,12-15H2,1-3H3,(H,31,33)/t17-,22+,24+,25+,27+/m1/s1. The average Bonchev–Trinajstić information content (AvgIpc) is 3.04. The van der Waals surface area contributed by atoms with Crippen LogP contribution in [-0.4, -0.2) is 35.5 Å². The Balaban J connectivity index is 1.88. The highest BCUT2D eigenvalue weighted by Crippen LogP contribution is 2.57. The minimum Gasteiger partial charge on any atom is -0.352 e. The Labute approximate surface area is 212 Å². The van der Waals surface area contributed by atoms with Crippen molar-refractivity contribution in [2.75, 3.05) is 13.1 Å². The third-order valence-corrected chi connectivity index (χ3v) is 8.48. The smallest absolute Gasteiger partial charge is 0.241 e. The Hall–Kier alpha value is -1.26. The first kappa shape index (κ1) is 24.9. The van der Waals surface area contributed by atoms with E-state index in [0.29, 0.717) is 15.1 Å². The molecule has 1 saturated heterocycles. The first-order chi connectivity index (χ1) is 15.8. The molecular formula is C27H33Cl3N2O. The molecule has 0 bridgehead atoms. The van der Waals surface area contributed by atoms with Gasteiger partial charge in [-0.15, -0.1) is 0 Å². The fourth-order valence-corrected chi connectivity index (χ4v) is 7.19. The van der Waals surface area contributed by atoms with E-state index in [1.165, 1.54) is 5.56 Å². The molecule has 0 unspecified atom stereocenters. The number of carbonyl (C=O) groups excluding carboxylic acids is 1. The van der Waals surface area contributed by atoms with E-state index in [9.17, 15) is 4.79 Å². The van der Waals surface area contributed by atoms with Crippen molar-refractivity contribution < 1.29 is 4.79 Å². The molecule has 1 heterocycles. The lowest BCUT2D eigenvalue weighted by Crippen LogP contribution is -2.61. The fourth-order valence-electron chi connectivity index (χ4n) is 6.52. The molecule has 1 aliphatic heterocycles. The van der Waals surface area contributed by atoms with Gasteiger partial charge in [0.15, 0.2) is 0 Å². The highest BCUT2D eigenvalue weighted by molar-refractivity contribution is 6.35. The molecule has 5 atom stereocenters. The van der Waals surface area contributed by atoms with Crippen molar-refractivity contribution in [1.29, 1.82) is 0 Å². The van der Waals surface area contributed by atoms with Crippen molar-refractivity contribution >= 4 is 40.7 Å². The topological polar surface area (TPSA) is 32.3 Å². The van der Waals surface area contributed by atoms with Crippen LogP contribution >= 0.6 is 34.8 Å². The van der Waals surface area contributed by atoms with Crippen molar-refractivity contribution in [3.63, 3.8) is 0 Å². The van der Waals surface area contributed by atoms with Crippen molar-refractivity contribution in [2.24, 2.45) is 5.92 Å². The Morgan fingerprint density at radius 2 is 1.64 bits per heavy atom. The lowest BCUT2D eigenvalue weighted by atomic mass is 9.58. The molecule has 1 amide bonds. The predicted molar refractivity (Wildman–Crippen MR) is 139 cm³/mol. The summed E-state index contributed by atoms with van der Waals surface area (Å²) in [6.45, 7) is 8.39. The number of benzene rings is 2. The summed E-state index contributed by atoms with van der Waals surface area (Å²) in [5, 5.41) is 5.40. The quantitative estimate of drug-likeness (QED) is 0.426. The van der Waals surface area contributed by atoms with Gasteiger partial charge in [-0.3, -0.25) is 9.69 Å². The SMILES string of the molecule is CCCN(CCC)[C@@]12CC[C@@H](c3ccc(Cl)cc3Cl)[C@H](c3ccc(Cl)cc3)[C@@H]1[C@@H](C)NC2=O. The third-order valence-electron chi connectivity index (χ3n) is 7.67. The molecule has 6 heteroatoms. The fraction of sp³-hybridized carbons (Fsp3) is 0.519. The lowest BCUT2D eigenvalue weighted by Gasteiger charge is -2.52. The predicted octanol–water partition coefficient (Wildman–Crippen LogP) is 7.30. The molecule has 0 aromatic heterocycles. The van der Waals surface area contributed by atoms with Crippen LogP contribution in [0.1, 0.15) is 69.4 Å². The normalized spacial score (nSPS) is 29.2. The van der Waals surface area contributed by atoms with Crippen LogP contribution in [0.25, 0.3) is 0 Å². The van der Waals surface area contributed by atoms with E-state index in [4.69, 9.17) is 34.8 Å². The van der Waals surface area contributed by atoms with E-state index in [-0.39, 0.29) is 29.7 Å². The number of hydrogen-bond acceptors (Lipinski definition) is 2. The van der Waals surface area contributed by atoms with Gasteiger partial charge in [0.05, 0.1) is 0 Å². The number of fused-ring (bicyclic) bond motifs is 1. The van der Waals surface area contributed by atoms with Crippen LogP contribution in [0.2, 0.25) is 15.1 Å². The monoisotopic (exact) mass is 506 g/mol. The van der Waals surface area contributed by atoms with E-state index < -0.39 is 5.54 Å². The number of amides is 1. The average molecular weight is 508 g/mol. The van der Waals surface area contributed by atoms with E-state index in [2.05, 4.69) is 49.2 Å². The molecule has 2 aromatic carbocycles. The van der Waals surface area contributed by atoms with Crippen molar-refractivity contribution in [3.8, 4) is 0 Å². The van der Waals surface area contributed by atoms with Gasteiger partial charge in [-0.25, -0.2) is 0 Å². The molecule has 3 nitrogen and oxygen atoms in total. The lowest BCUT2D eigenvalue weighted by molar-refractivity contribution is -0.135. The number of carbonyl (C=O) groups is 1. The molecule has 2 aliphatic rings. The van der Waals surface area contributed by atoms with E-state index in [1.54, 1.807) is 0 Å².